The minimum absolute atomic E-state index is 0.136. The molecule has 236 valence electrons. The smallest absolute Gasteiger partial charge is 0.303 e. The average molecular weight is 612 g/mol. The number of ether oxygens (including phenoxy) is 4. The van der Waals surface area contributed by atoms with Gasteiger partial charge in [0.1, 0.15) is 18.3 Å². The number of pyridine rings is 1. The van der Waals surface area contributed by atoms with E-state index in [1.165, 1.54) is 19.6 Å². The molecule has 1 aromatic heterocycles. The van der Waals surface area contributed by atoms with Gasteiger partial charge < -0.3 is 29.2 Å². The first-order valence-corrected chi connectivity index (χ1v) is 15.2. The highest BCUT2D eigenvalue weighted by Crippen LogP contribution is 2.41. The monoisotopic (exact) mass is 611 g/mol. The lowest BCUT2D eigenvalue weighted by Crippen LogP contribution is -2.60. The zero-order valence-electron chi connectivity index (χ0n) is 26.1. The summed E-state index contributed by atoms with van der Waals surface area (Å²) < 4.78 is 23.6. The predicted octanol–water partition coefficient (Wildman–Crippen LogP) is 4.82. The quantitative estimate of drug-likeness (QED) is 0.233. The van der Waals surface area contributed by atoms with Crippen LogP contribution in [0.15, 0.2) is 97.1 Å². The topological polar surface area (TPSA) is 107 Å². The maximum atomic E-state index is 11.8. The standard InChI is InChI=1S/C37H41NO7/c1-24-13-18-28(19-14-24)37(29-20-15-25(2)16-21-29,32-12-8-11-30(38-32)22-17-27-9-6-5-7-10-27)43-23-31-33(40)35(44-26(3)39)34(41)36(42-4)45-31/h5-16,18-21,31,33-36,40-41H,17,22-23H2,1-4H3/t31-,33-,34-,35+,36+/m1/s1. The van der Waals surface area contributed by atoms with Gasteiger partial charge in [-0.3, -0.25) is 9.78 Å². The van der Waals surface area contributed by atoms with Gasteiger partial charge in [0.2, 0.25) is 0 Å². The van der Waals surface area contributed by atoms with Crippen molar-refractivity contribution in [3.05, 3.63) is 136 Å². The largest absolute Gasteiger partial charge is 0.457 e. The fourth-order valence-electron chi connectivity index (χ4n) is 5.78. The molecule has 1 fully saturated rings. The van der Waals surface area contributed by atoms with Crippen LogP contribution in [0.4, 0.5) is 0 Å². The summed E-state index contributed by atoms with van der Waals surface area (Å²) in [6.45, 7) is 5.14. The molecular weight excluding hydrogens is 570 g/mol. The Morgan fingerprint density at radius 2 is 1.44 bits per heavy atom. The first-order chi connectivity index (χ1) is 21.7. The first kappa shape index (κ1) is 32.5. The van der Waals surface area contributed by atoms with Crippen LogP contribution in [0.2, 0.25) is 0 Å². The van der Waals surface area contributed by atoms with Gasteiger partial charge in [-0.1, -0.05) is 96.1 Å². The van der Waals surface area contributed by atoms with Gasteiger partial charge in [-0.05, 0) is 55.5 Å². The van der Waals surface area contributed by atoms with Gasteiger partial charge in [-0.15, -0.1) is 0 Å². The fourth-order valence-corrected chi connectivity index (χ4v) is 5.78. The Hall–Kier alpha value is -3.92. The third kappa shape index (κ3) is 7.32. The van der Waals surface area contributed by atoms with Crippen molar-refractivity contribution >= 4 is 5.97 Å². The summed E-state index contributed by atoms with van der Waals surface area (Å²) >= 11 is 0. The molecule has 2 N–H and O–H groups in total. The molecule has 1 aliphatic heterocycles. The number of aromatic nitrogens is 1. The van der Waals surface area contributed by atoms with Crippen LogP contribution in [-0.2, 0) is 42.2 Å². The van der Waals surface area contributed by atoms with Crippen molar-refractivity contribution in [2.45, 2.75) is 69.9 Å². The number of aliphatic hydroxyl groups excluding tert-OH is 2. The fraction of sp³-hybridized carbons (Fsp3) is 0.351. The molecule has 8 nitrogen and oxygen atoms in total. The van der Waals surface area contributed by atoms with Crippen LogP contribution in [0.5, 0.6) is 0 Å². The summed E-state index contributed by atoms with van der Waals surface area (Å²) in [6, 6.07) is 32.5. The third-order valence-corrected chi connectivity index (χ3v) is 8.24. The maximum Gasteiger partial charge on any atom is 0.303 e. The Balaban J connectivity index is 1.58. The van der Waals surface area contributed by atoms with E-state index < -0.39 is 42.3 Å². The second-order valence-electron chi connectivity index (χ2n) is 11.6. The highest BCUT2D eigenvalue weighted by atomic mass is 16.7. The molecule has 2 heterocycles. The van der Waals surface area contributed by atoms with Crippen molar-refractivity contribution in [3.8, 4) is 0 Å². The van der Waals surface area contributed by atoms with Crippen LogP contribution in [0.3, 0.4) is 0 Å². The van der Waals surface area contributed by atoms with E-state index in [2.05, 4.69) is 12.1 Å². The molecule has 0 spiro atoms. The molecule has 0 radical (unpaired) electrons. The second-order valence-corrected chi connectivity index (χ2v) is 11.6. The van der Waals surface area contributed by atoms with Gasteiger partial charge in [0.25, 0.3) is 0 Å². The predicted molar refractivity (Wildman–Crippen MR) is 170 cm³/mol. The summed E-state index contributed by atoms with van der Waals surface area (Å²) in [5, 5.41) is 22.0. The minimum atomic E-state index is -1.38. The van der Waals surface area contributed by atoms with E-state index in [4.69, 9.17) is 23.9 Å². The minimum Gasteiger partial charge on any atom is -0.457 e. The molecule has 8 heteroatoms. The Kier molecular flexibility index (Phi) is 10.4. The zero-order valence-corrected chi connectivity index (χ0v) is 26.1. The Morgan fingerprint density at radius 1 is 0.822 bits per heavy atom. The van der Waals surface area contributed by atoms with E-state index in [9.17, 15) is 15.0 Å². The Bertz CT molecular complexity index is 1500. The number of benzene rings is 3. The molecule has 0 unspecified atom stereocenters. The first-order valence-electron chi connectivity index (χ1n) is 15.2. The van der Waals surface area contributed by atoms with Gasteiger partial charge in [0, 0.05) is 19.7 Å². The van der Waals surface area contributed by atoms with Crippen LogP contribution in [0.25, 0.3) is 0 Å². The highest BCUT2D eigenvalue weighted by Gasteiger charge is 2.48. The van der Waals surface area contributed by atoms with Gasteiger partial charge in [0.05, 0.1) is 12.3 Å². The lowest BCUT2D eigenvalue weighted by molar-refractivity contribution is -0.301. The number of aryl methyl sites for hydroxylation is 4. The summed E-state index contributed by atoms with van der Waals surface area (Å²) in [5.41, 5.74) is 5.47. The van der Waals surface area contributed by atoms with E-state index in [1.54, 1.807) is 0 Å². The molecular formula is C37H41NO7. The van der Waals surface area contributed by atoms with Crippen molar-refractivity contribution in [1.82, 2.24) is 4.98 Å². The Morgan fingerprint density at radius 3 is 2.02 bits per heavy atom. The van der Waals surface area contributed by atoms with Crippen molar-refractivity contribution in [3.63, 3.8) is 0 Å². The molecule has 0 saturated carbocycles. The highest BCUT2D eigenvalue weighted by molar-refractivity contribution is 5.66. The van der Waals surface area contributed by atoms with Crippen LogP contribution in [0.1, 0.15) is 46.1 Å². The second kappa shape index (κ2) is 14.5. The third-order valence-electron chi connectivity index (χ3n) is 8.24. The molecule has 4 aromatic rings. The van der Waals surface area contributed by atoms with Gasteiger partial charge in [0.15, 0.2) is 18.0 Å². The van der Waals surface area contributed by atoms with Crippen LogP contribution >= 0.6 is 0 Å². The average Bonchev–Trinajstić information content (AvgIpc) is 3.05. The van der Waals surface area contributed by atoms with Gasteiger partial charge >= 0.3 is 5.97 Å². The summed E-state index contributed by atoms with van der Waals surface area (Å²) in [6.07, 6.45) is -4.60. The molecule has 0 amide bonds. The number of carbonyl (C=O) groups is 1. The van der Waals surface area contributed by atoms with Crippen LogP contribution < -0.4 is 0 Å². The molecule has 0 bridgehead atoms. The van der Waals surface area contributed by atoms with E-state index in [1.807, 2.05) is 98.8 Å². The van der Waals surface area contributed by atoms with Crippen LogP contribution in [0, 0.1) is 13.8 Å². The Labute approximate surface area is 264 Å². The molecule has 3 aromatic carbocycles. The molecule has 5 atom stereocenters. The van der Waals surface area contributed by atoms with E-state index in [-0.39, 0.29) is 6.61 Å². The SMILES string of the molecule is CO[C@H]1O[C@H](COC(c2ccc(C)cc2)(c2ccc(C)cc2)c2cccc(CCc3ccccc3)n2)[C@@H](O)[C@H](OC(C)=O)[C@H]1O. The van der Waals surface area contributed by atoms with Gasteiger partial charge in [-0.2, -0.15) is 0 Å². The lowest BCUT2D eigenvalue weighted by atomic mass is 9.81. The normalized spacial score (nSPS) is 21.8. The number of hydrogen-bond donors (Lipinski definition) is 2. The number of hydrogen-bond acceptors (Lipinski definition) is 8. The molecule has 1 aliphatic rings. The number of nitrogens with zero attached hydrogens (tertiary/aromatic N) is 1. The van der Waals surface area contributed by atoms with Crippen molar-refractivity contribution in [2.24, 2.45) is 0 Å². The number of methoxy groups -OCH3 is 1. The van der Waals surface area contributed by atoms with E-state index in [0.29, 0.717) is 5.69 Å². The molecule has 1 saturated heterocycles. The number of rotatable bonds is 11. The number of aliphatic hydroxyl groups is 2. The lowest BCUT2D eigenvalue weighted by Gasteiger charge is -2.43. The summed E-state index contributed by atoms with van der Waals surface area (Å²) in [4.78, 5) is 17.0. The van der Waals surface area contributed by atoms with Gasteiger partial charge in [-0.25, -0.2) is 0 Å². The van der Waals surface area contributed by atoms with Crippen molar-refractivity contribution in [2.75, 3.05) is 13.7 Å². The molecule has 45 heavy (non-hydrogen) atoms. The van der Waals surface area contributed by atoms with E-state index in [0.717, 1.165) is 40.8 Å². The van der Waals surface area contributed by atoms with Crippen molar-refractivity contribution < 1.29 is 34.0 Å². The maximum absolute atomic E-state index is 11.8. The zero-order chi connectivity index (χ0) is 32.0. The van der Waals surface area contributed by atoms with Crippen LogP contribution in [-0.4, -0.2) is 65.6 Å². The van der Waals surface area contributed by atoms with Crippen molar-refractivity contribution in [1.29, 1.82) is 0 Å². The number of carbonyl (C=O) groups excluding carboxylic acids is 1. The number of esters is 1. The summed E-state index contributed by atoms with van der Waals surface area (Å²) in [7, 11) is 1.38. The molecule has 0 aliphatic carbocycles. The van der Waals surface area contributed by atoms with E-state index >= 15 is 0 Å². The molecule has 5 rings (SSSR count). The summed E-state index contributed by atoms with van der Waals surface area (Å²) in [5.74, 6) is -0.639.